The fraction of sp³-hybridized carbons (Fsp3) is 0.375. The Balaban J connectivity index is 1.20. The van der Waals surface area contributed by atoms with Crippen LogP contribution >= 0.6 is 11.8 Å². The number of hydrogen-bond donors (Lipinski definition) is 2. The number of hydrogen-bond acceptors (Lipinski definition) is 8. The minimum absolute atomic E-state index is 0.0391. The van der Waals surface area contributed by atoms with Gasteiger partial charge in [0.1, 0.15) is 6.61 Å². The summed E-state index contributed by atoms with van der Waals surface area (Å²) in [4.78, 5) is 23.9. The summed E-state index contributed by atoms with van der Waals surface area (Å²) in [5.74, 6) is 1.21. The van der Waals surface area contributed by atoms with Gasteiger partial charge in [0.15, 0.2) is 11.5 Å². The number of amides is 2. The van der Waals surface area contributed by atoms with E-state index in [0.717, 1.165) is 24.6 Å². The van der Waals surface area contributed by atoms with Crippen molar-refractivity contribution in [2.45, 2.75) is 30.1 Å². The lowest BCUT2D eigenvalue weighted by Crippen LogP contribution is -2.51. The van der Waals surface area contributed by atoms with Crippen molar-refractivity contribution in [1.29, 1.82) is 0 Å². The van der Waals surface area contributed by atoms with Crippen LogP contribution in [0.15, 0.2) is 33.9 Å². The van der Waals surface area contributed by atoms with E-state index in [1.807, 2.05) is 6.07 Å². The molecule has 10 heteroatoms. The fourth-order valence-corrected chi connectivity index (χ4v) is 2.87. The van der Waals surface area contributed by atoms with Crippen LogP contribution in [0.3, 0.4) is 0 Å². The highest BCUT2D eigenvalue weighted by Gasteiger charge is 2.30. The fourth-order valence-electron chi connectivity index (χ4n) is 2.30. The highest BCUT2D eigenvalue weighted by molar-refractivity contribution is 7.99. The average Bonchev–Trinajstić information content (AvgIpc) is 3.42. The summed E-state index contributed by atoms with van der Waals surface area (Å²) in [5, 5.41) is 8.16. The van der Waals surface area contributed by atoms with Gasteiger partial charge in [-0.2, -0.15) is 0 Å². The van der Waals surface area contributed by atoms with E-state index < -0.39 is 17.9 Å². The van der Waals surface area contributed by atoms with Gasteiger partial charge < -0.3 is 13.9 Å². The lowest BCUT2D eigenvalue weighted by molar-refractivity contribution is -0.134. The molecule has 2 aromatic rings. The Kier molecular flexibility index (Phi) is 4.65. The van der Waals surface area contributed by atoms with Gasteiger partial charge in [-0.3, -0.25) is 20.4 Å². The Bertz CT molecular complexity index is 822. The van der Waals surface area contributed by atoms with Gasteiger partial charge in [-0.25, -0.2) is 0 Å². The molecular formula is C16H16N4O5S. The maximum absolute atomic E-state index is 12.1. The molecule has 136 valence electrons. The predicted octanol–water partition coefficient (Wildman–Crippen LogP) is 1.03. The smallest absolute Gasteiger partial charge is 0.283 e. The molecule has 2 aliphatic rings. The molecule has 2 heterocycles. The van der Waals surface area contributed by atoms with Crippen LogP contribution < -0.4 is 20.3 Å². The monoisotopic (exact) mass is 376 g/mol. The van der Waals surface area contributed by atoms with Crippen LogP contribution in [0.2, 0.25) is 0 Å². The van der Waals surface area contributed by atoms with Crippen LogP contribution in [-0.2, 0) is 9.59 Å². The summed E-state index contributed by atoms with van der Waals surface area (Å²) in [6.07, 6.45) is 1.29. The first-order valence-electron chi connectivity index (χ1n) is 8.12. The highest BCUT2D eigenvalue weighted by atomic mass is 32.2. The number of thioether (sulfide) groups is 1. The predicted molar refractivity (Wildman–Crippen MR) is 89.6 cm³/mol. The Morgan fingerprint density at radius 3 is 2.77 bits per heavy atom. The summed E-state index contributed by atoms with van der Waals surface area (Å²) >= 11 is 1.11. The zero-order chi connectivity index (χ0) is 17.9. The number of hydrazine groups is 1. The molecule has 0 radical (unpaired) electrons. The molecule has 9 nitrogen and oxygen atoms in total. The van der Waals surface area contributed by atoms with E-state index in [0.29, 0.717) is 28.5 Å². The van der Waals surface area contributed by atoms with Gasteiger partial charge in [0.05, 0.1) is 5.75 Å². The number of nitrogens with one attached hydrogen (secondary N) is 2. The van der Waals surface area contributed by atoms with E-state index in [2.05, 4.69) is 21.0 Å². The van der Waals surface area contributed by atoms with Gasteiger partial charge in [0, 0.05) is 5.92 Å². The van der Waals surface area contributed by atoms with Gasteiger partial charge in [-0.05, 0) is 25.0 Å². The number of fused-ring (bicyclic) bond motifs is 1. The summed E-state index contributed by atoms with van der Waals surface area (Å²) in [7, 11) is 0. The third kappa shape index (κ3) is 3.90. The van der Waals surface area contributed by atoms with Crippen molar-refractivity contribution in [3.05, 3.63) is 30.2 Å². The van der Waals surface area contributed by atoms with Gasteiger partial charge in [-0.1, -0.05) is 23.9 Å². The largest absolute Gasteiger partial charge is 0.485 e. The Morgan fingerprint density at radius 2 is 1.96 bits per heavy atom. The molecule has 1 aliphatic carbocycles. The molecule has 1 atom stereocenters. The quantitative estimate of drug-likeness (QED) is 0.587. The van der Waals surface area contributed by atoms with Crippen LogP contribution in [0, 0.1) is 0 Å². The van der Waals surface area contributed by atoms with Crippen molar-refractivity contribution in [3.63, 3.8) is 0 Å². The molecule has 0 unspecified atom stereocenters. The topological polar surface area (TPSA) is 116 Å². The van der Waals surface area contributed by atoms with Crippen molar-refractivity contribution in [1.82, 2.24) is 21.0 Å². The zero-order valence-corrected chi connectivity index (χ0v) is 14.5. The normalized spacial score (nSPS) is 18.2. The van der Waals surface area contributed by atoms with Crippen molar-refractivity contribution in [3.8, 4) is 11.5 Å². The number of para-hydroxylation sites is 2. The molecule has 0 spiro atoms. The molecule has 4 rings (SSSR count). The van der Waals surface area contributed by atoms with E-state index in [1.165, 1.54) is 0 Å². The number of ether oxygens (including phenoxy) is 2. The highest BCUT2D eigenvalue weighted by Crippen LogP contribution is 2.39. The first-order chi connectivity index (χ1) is 12.7. The van der Waals surface area contributed by atoms with Crippen molar-refractivity contribution in [2.24, 2.45) is 0 Å². The molecule has 0 bridgehead atoms. The maximum atomic E-state index is 12.1. The van der Waals surface area contributed by atoms with Crippen LogP contribution in [-0.4, -0.2) is 40.5 Å². The van der Waals surface area contributed by atoms with Gasteiger partial charge in [-0.15, -0.1) is 10.2 Å². The standard InChI is InChI=1S/C16H16N4O5S/c21-13(8-26-16-20-19-15(25-16)9-5-6-9)17-18-14(22)12-7-23-10-3-1-2-4-11(10)24-12/h1-4,9,12H,5-8H2,(H,17,21)(H,18,22)/t12-/m1/s1. The third-order valence-electron chi connectivity index (χ3n) is 3.80. The van der Waals surface area contributed by atoms with Crippen LogP contribution in [0.4, 0.5) is 0 Å². The van der Waals surface area contributed by atoms with E-state index >= 15 is 0 Å². The van der Waals surface area contributed by atoms with Gasteiger partial charge in [0.2, 0.25) is 17.9 Å². The number of carbonyl (C=O) groups is 2. The van der Waals surface area contributed by atoms with E-state index in [9.17, 15) is 9.59 Å². The molecule has 1 aliphatic heterocycles. The average molecular weight is 376 g/mol. The first-order valence-corrected chi connectivity index (χ1v) is 9.11. The van der Waals surface area contributed by atoms with Crippen molar-refractivity contribution in [2.75, 3.05) is 12.4 Å². The van der Waals surface area contributed by atoms with Crippen molar-refractivity contribution < 1.29 is 23.5 Å². The zero-order valence-electron chi connectivity index (χ0n) is 13.6. The molecule has 1 aromatic carbocycles. The van der Waals surface area contributed by atoms with Gasteiger partial charge >= 0.3 is 0 Å². The summed E-state index contributed by atoms with van der Waals surface area (Å²) in [6.45, 7) is 0.0688. The number of carbonyl (C=O) groups excluding carboxylic acids is 2. The van der Waals surface area contributed by atoms with Gasteiger partial charge in [0.25, 0.3) is 11.1 Å². The molecule has 0 saturated heterocycles. The number of benzene rings is 1. The molecule has 1 aromatic heterocycles. The molecule has 1 fully saturated rings. The minimum Gasteiger partial charge on any atom is -0.485 e. The summed E-state index contributed by atoms with van der Waals surface area (Å²) < 4.78 is 16.5. The molecular weight excluding hydrogens is 360 g/mol. The Morgan fingerprint density at radius 1 is 1.15 bits per heavy atom. The third-order valence-corrected chi connectivity index (χ3v) is 4.62. The Hall–Kier alpha value is -2.75. The molecule has 26 heavy (non-hydrogen) atoms. The summed E-state index contributed by atoms with van der Waals surface area (Å²) in [6, 6.07) is 7.07. The number of aromatic nitrogens is 2. The second-order valence-corrected chi connectivity index (χ2v) is 6.80. The number of nitrogens with zero attached hydrogens (tertiary/aromatic N) is 2. The van der Waals surface area contributed by atoms with E-state index in [-0.39, 0.29) is 12.4 Å². The minimum atomic E-state index is -0.838. The summed E-state index contributed by atoms with van der Waals surface area (Å²) in [5.41, 5.74) is 4.66. The Labute approximate surface area is 152 Å². The van der Waals surface area contributed by atoms with Crippen molar-refractivity contribution >= 4 is 23.6 Å². The molecule has 2 N–H and O–H groups in total. The molecule has 2 amide bonds. The van der Waals surface area contributed by atoms with E-state index in [4.69, 9.17) is 13.9 Å². The van der Waals surface area contributed by atoms with Crippen LogP contribution in [0.5, 0.6) is 11.5 Å². The first kappa shape index (κ1) is 16.7. The lowest BCUT2D eigenvalue weighted by Gasteiger charge is -2.25. The molecule has 1 saturated carbocycles. The van der Waals surface area contributed by atoms with Crippen LogP contribution in [0.1, 0.15) is 24.7 Å². The van der Waals surface area contributed by atoms with E-state index in [1.54, 1.807) is 18.2 Å². The second kappa shape index (κ2) is 7.24. The maximum Gasteiger partial charge on any atom is 0.283 e. The second-order valence-electron chi connectivity index (χ2n) is 5.87. The van der Waals surface area contributed by atoms with Crippen LogP contribution in [0.25, 0.3) is 0 Å². The SMILES string of the molecule is O=C(CSc1nnc(C2CC2)o1)NNC(=O)[C@H]1COc2ccccc2O1. The number of rotatable bonds is 5. The lowest BCUT2D eigenvalue weighted by atomic mass is 10.2.